The van der Waals surface area contributed by atoms with Gasteiger partial charge in [-0.1, -0.05) is 5.16 Å². The second kappa shape index (κ2) is 6.15. The molecular formula is C11H15N5OS. The molecule has 7 heteroatoms. The van der Waals surface area contributed by atoms with Gasteiger partial charge in [-0.05, 0) is 6.92 Å². The molecule has 2 heterocycles. The van der Waals surface area contributed by atoms with Crippen molar-refractivity contribution in [2.75, 3.05) is 7.05 Å². The standard InChI is InChI=1S/C11H15N5OS/c1-8-5-13-10(18-8)7-15-11(12-2)14-6-9-3-4-17-16-9/h3-5H,6-7H2,1-2H3,(H2,12,14,15). The van der Waals surface area contributed by atoms with Crippen molar-refractivity contribution in [3.63, 3.8) is 0 Å². The first-order valence-electron chi connectivity index (χ1n) is 5.53. The summed E-state index contributed by atoms with van der Waals surface area (Å²) in [5, 5.41) is 11.2. The van der Waals surface area contributed by atoms with E-state index in [-0.39, 0.29) is 0 Å². The zero-order chi connectivity index (χ0) is 12.8. The number of guanidine groups is 1. The molecule has 0 radical (unpaired) electrons. The number of aromatic nitrogens is 2. The lowest BCUT2D eigenvalue weighted by molar-refractivity contribution is 0.410. The molecule has 0 unspecified atom stereocenters. The Morgan fingerprint density at radius 2 is 2.28 bits per heavy atom. The minimum absolute atomic E-state index is 0.576. The third-order valence-corrected chi connectivity index (χ3v) is 3.14. The van der Waals surface area contributed by atoms with Crippen molar-refractivity contribution < 1.29 is 4.52 Å². The van der Waals surface area contributed by atoms with Crippen LogP contribution in [-0.4, -0.2) is 23.1 Å². The second-order valence-corrected chi connectivity index (χ2v) is 4.95. The normalized spacial score (nSPS) is 11.6. The van der Waals surface area contributed by atoms with E-state index in [1.165, 1.54) is 4.88 Å². The average Bonchev–Trinajstić information content (AvgIpc) is 3.01. The Morgan fingerprint density at radius 1 is 1.44 bits per heavy atom. The molecule has 0 spiro atoms. The highest BCUT2D eigenvalue weighted by Gasteiger charge is 2.02. The molecule has 0 aliphatic heterocycles. The topological polar surface area (TPSA) is 75.3 Å². The van der Waals surface area contributed by atoms with E-state index >= 15 is 0 Å². The van der Waals surface area contributed by atoms with Crippen molar-refractivity contribution in [2.45, 2.75) is 20.0 Å². The molecule has 0 amide bonds. The molecule has 0 aliphatic carbocycles. The van der Waals surface area contributed by atoms with Crippen LogP contribution in [0.15, 0.2) is 28.0 Å². The van der Waals surface area contributed by atoms with Gasteiger partial charge in [-0.25, -0.2) is 4.98 Å². The lowest BCUT2D eigenvalue weighted by Gasteiger charge is -2.09. The Kier molecular flexibility index (Phi) is 4.30. The van der Waals surface area contributed by atoms with E-state index in [2.05, 4.69) is 25.8 Å². The molecule has 6 nitrogen and oxygen atoms in total. The van der Waals surface area contributed by atoms with Crippen LogP contribution in [0.5, 0.6) is 0 Å². The summed E-state index contributed by atoms with van der Waals surface area (Å²) in [5.41, 5.74) is 0.836. The minimum Gasteiger partial charge on any atom is -0.364 e. The predicted octanol–water partition coefficient (Wildman–Crippen LogP) is 1.30. The smallest absolute Gasteiger partial charge is 0.191 e. The third kappa shape index (κ3) is 3.56. The molecule has 2 rings (SSSR count). The van der Waals surface area contributed by atoms with Gasteiger partial charge in [0.15, 0.2) is 5.96 Å². The first-order chi connectivity index (χ1) is 8.78. The van der Waals surface area contributed by atoms with Gasteiger partial charge >= 0.3 is 0 Å². The molecule has 0 saturated carbocycles. The van der Waals surface area contributed by atoms with Crippen LogP contribution in [0.4, 0.5) is 0 Å². The van der Waals surface area contributed by atoms with Gasteiger partial charge in [0.1, 0.15) is 17.0 Å². The first kappa shape index (κ1) is 12.6. The fraction of sp³-hybridized carbons (Fsp3) is 0.364. The molecule has 0 atom stereocenters. The molecule has 0 aromatic carbocycles. The number of nitrogens with zero attached hydrogens (tertiary/aromatic N) is 3. The number of aliphatic imine (C=N–C) groups is 1. The first-order valence-corrected chi connectivity index (χ1v) is 6.34. The largest absolute Gasteiger partial charge is 0.364 e. The average molecular weight is 265 g/mol. The van der Waals surface area contributed by atoms with E-state index in [0.717, 1.165) is 10.7 Å². The highest BCUT2D eigenvalue weighted by molar-refractivity contribution is 7.11. The van der Waals surface area contributed by atoms with Gasteiger partial charge in [-0.3, -0.25) is 4.99 Å². The van der Waals surface area contributed by atoms with E-state index in [0.29, 0.717) is 19.0 Å². The zero-order valence-corrected chi connectivity index (χ0v) is 11.1. The number of aryl methyl sites for hydroxylation is 1. The van der Waals surface area contributed by atoms with Crippen LogP contribution in [0, 0.1) is 6.92 Å². The maximum absolute atomic E-state index is 4.75. The maximum atomic E-state index is 4.75. The van der Waals surface area contributed by atoms with Crippen molar-refractivity contribution in [3.05, 3.63) is 34.1 Å². The van der Waals surface area contributed by atoms with Crippen molar-refractivity contribution >= 4 is 17.3 Å². The van der Waals surface area contributed by atoms with E-state index in [1.807, 2.05) is 19.2 Å². The lowest BCUT2D eigenvalue weighted by atomic mass is 10.4. The van der Waals surface area contributed by atoms with E-state index < -0.39 is 0 Å². The van der Waals surface area contributed by atoms with E-state index in [1.54, 1.807) is 24.6 Å². The third-order valence-electron chi connectivity index (χ3n) is 2.23. The summed E-state index contributed by atoms with van der Waals surface area (Å²) in [6.07, 6.45) is 3.42. The quantitative estimate of drug-likeness (QED) is 0.644. The Bertz CT molecular complexity index is 505. The number of nitrogens with one attached hydrogen (secondary N) is 2. The minimum atomic E-state index is 0.576. The number of hydrogen-bond acceptors (Lipinski definition) is 5. The van der Waals surface area contributed by atoms with E-state index in [9.17, 15) is 0 Å². The summed E-state index contributed by atoms with van der Waals surface area (Å²) in [6, 6.07) is 1.81. The highest BCUT2D eigenvalue weighted by Crippen LogP contribution is 2.10. The maximum Gasteiger partial charge on any atom is 0.191 e. The number of thiazole rings is 1. The molecule has 2 aromatic heterocycles. The fourth-order valence-electron chi connectivity index (χ4n) is 1.37. The molecule has 18 heavy (non-hydrogen) atoms. The Labute approximate surface area is 109 Å². The van der Waals surface area contributed by atoms with Gasteiger partial charge < -0.3 is 15.2 Å². The van der Waals surface area contributed by atoms with Crippen molar-refractivity contribution in [3.8, 4) is 0 Å². The van der Waals surface area contributed by atoms with Crippen molar-refractivity contribution in [1.82, 2.24) is 20.8 Å². The summed E-state index contributed by atoms with van der Waals surface area (Å²) in [7, 11) is 1.73. The SMILES string of the molecule is CN=C(NCc1ccon1)NCc1ncc(C)s1. The Morgan fingerprint density at radius 3 is 2.89 bits per heavy atom. The molecule has 2 N–H and O–H groups in total. The fourth-order valence-corrected chi connectivity index (χ4v) is 2.09. The van der Waals surface area contributed by atoms with Crippen LogP contribution in [0.1, 0.15) is 15.6 Å². The van der Waals surface area contributed by atoms with E-state index in [4.69, 9.17) is 4.52 Å². The molecule has 0 aliphatic rings. The van der Waals surface area contributed by atoms with Gasteiger partial charge in [0.2, 0.25) is 0 Å². The van der Waals surface area contributed by atoms with Crippen molar-refractivity contribution in [1.29, 1.82) is 0 Å². The molecule has 96 valence electrons. The van der Waals surface area contributed by atoms with Gasteiger partial charge in [-0.2, -0.15) is 0 Å². The molecule has 2 aromatic rings. The molecule has 0 bridgehead atoms. The van der Waals surface area contributed by atoms with Gasteiger partial charge in [0.05, 0.1) is 13.1 Å². The van der Waals surface area contributed by atoms with Gasteiger partial charge in [0.25, 0.3) is 0 Å². The molecular weight excluding hydrogens is 250 g/mol. The van der Waals surface area contributed by atoms with Crippen LogP contribution in [0.2, 0.25) is 0 Å². The predicted molar refractivity (Wildman–Crippen MR) is 70.4 cm³/mol. The number of rotatable bonds is 4. The Balaban J connectivity index is 1.79. The van der Waals surface area contributed by atoms with Crippen LogP contribution in [0.25, 0.3) is 0 Å². The summed E-state index contributed by atoms with van der Waals surface area (Å²) in [4.78, 5) is 9.61. The second-order valence-electron chi connectivity index (χ2n) is 3.63. The van der Waals surface area contributed by atoms with Crippen LogP contribution < -0.4 is 10.6 Å². The Hall–Kier alpha value is -1.89. The van der Waals surface area contributed by atoms with Crippen LogP contribution in [0.3, 0.4) is 0 Å². The summed E-state index contributed by atoms with van der Waals surface area (Å²) >= 11 is 1.67. The molecule has 0 saturated heterocycles. The highest BCUT2D eigenvalue weighted by atomic mass is 32.1. The van der Waals surface area contributed by atoms with Crippen LogP contribution >= 0.6 is 11.3 Å². The van der Waals surface area contributed by atoms with Crippen LogP contribution in [-0.2, 0) is 13.1 Å². The number of hydrogen-bond donors (Lipinski definition) is 2. The van der Waals surface area contributed by atoms with Gasteiger partial charge in [-0.15, -0.1) is 11.3 Å². The van der Waals surface area contributed by atoms with Gasteiger partial charge in [0, 0.05) is 24.2 Å². The lowest BCUT2D eigenvalue weighted by Crippen LogP contribution is -2.36. The summed E-state index contributed by atoms with van der Waals surface area (Å²) < 4.78 is 4.75. The zero-order valence-electron chi connectivity index (χ0n) is 10.3. The summed E-state index contributed by atoms with van der Waals surface area (Å²) in [5.74, 6) is 0.714. The monoisotopic (exact) mass is 265 g/mol. The molecule has 0 fully saturated rings. The van der Waals surface area contributed by atoms with Crippen molar-refractivity contribution in [2.24, 2.45) is 4.99 Å². The summed E-state index contributed by atoms with van der Waals surface area (Å²) in [6.45, 7) is 3.28.